The lowest BCUT2D eigenvalue weighted by atomic mass is 10.1. The number of anilines is 1. The Morgan fingerprint density at radius 2 is 1.56 bits per heavy atom. The number of carbonyl (C=O) groups is 2. The number of carbonyl (C=O) groups excluding carboxylic acids is 2. The molecule has 0 bridgehead atoms. The highest BCUT2D eigenvalue weighted by molar-refractivity contribution is 7.92. The number of hydrogen-bond donors (Lipinski definition) is 1. The largest absolute Gasteiger partial charge is 0.354 e. The van der Waals surface area contributed by atoms with Crippen molar-refractivity contribution in [3.8, 4) is 0 Å². The van der Waals surface area contributed by atoms with E-state index >= 15 is 0 Å². The Hall–Kier alpha value is -3.07. The predicted molar refractivity (Wildman–Crippen MR) is 157 cm³/mol. The van der Waals surface area contributed by atoms with Crippen LogP contribution in [0.4, 0.5) is 5.69 Å². The summed E-state index contributed by atoms with van der Waals surface area (Å²) in [4.78, 5) is 28.2. The van der Waals surface area contributed by atoms with Crippen LogP contribution in [0.5, 0.6) is 0 Å². The van der Waals surface area contributed by atoms with Gasteiger partial charge < -0.3 is 10.2 Å². The lowest BCUT2D eigenvalue weighted by Gasteiger charge is -2.32. The molecule has 0 aliphatic rings. The summed E-state index contributed by atoms with van der Waals surface area (Å²) >= 11 is 12.3. The third-order valence-corrected chi connectivity index (χ3v) is 8.81. The maximum Gasteiger partial charge on any atom is 0.264 e. The number of nitrogens with zero attached hydrogens (tertiary/aromatic N) is 2. The number of nitrogens with one attached hydrogen (secondary N) is 1. The Kier molecular flexibility index (Phi) is 11.2. The minimum Gasteiger partial charge on any atom is -0.354 e. The molecule has 0 saturated heterocycles. The third kappa shape index (κ3) is 8.21. The highest BCUT2D eigenvalue weighted by Crippen LogP contribution is 2.30. The molecule has 0 fully saturated rings. The topological polar surface area (TPSA) is 86.8 Å². The Bertz CT molecular complexity index is 1360. The van der Waals surface area contributed by atoms with Gasteiger partial charge in [0.1, 0.15) is 12.6 Å². The molecule has 10 heteroatoms. The lowest BCUT2D eigenvalue weighted by molar-refractivity contribution is -0.138. The summed E-state index contributed by atoms with van der Waals surface area (Å²) in [6, 6.07) is 21.0. The summed E-state index contributed by atoms with van der Waals surface area (Å²) in [5.74, 6) is -0.813. The van der Waals surface area contributed by atoms with Crippen molar-refractivity contribution in [2.24, 2.45) is 0 Å². The minimum absolute atomic E-state index is 0.0186. The van der Waals surface area contributed by atoms with Gasteiger partial charge >= 0.3 is 0 Å². The Morgan fingerprint density at radius 3 is 2.18 bits per heavy atom. The predicted octanol–water partition coefficient (Wildman–Crippen LogP) is 5.56. The zero-order valence-corrected chi connectivity index (χ0v) is 24.3. The molecule has 1 atom stereocenters. The first-order chi connectivity index (χ1) is 18.6. The highest BCUT2D eigenvalue weighted by atomic mass is 35.5. The quantitative estimate of drug-likeness (QED) is 0.264. The van der Waals surface area contributed by atoms with Gasteiger partial charge in [-0.2, -0.15) is 0 Å². The highest BCUT2D eigenvalue weighted by Gasteiger charge is 2.32. The van der Waals surface area contributed by atoms with E-state index in [0.717, 1.165) is 22.7 Å². The summed E-state index contributed by atoms with van der Waals surface area (Å²) in [5, 5.41) is 3.28. The minimum atomic E-state index is -4.16. The zero-order chi connectivity index (χ0) is 28.4. The van der Waals surface area contributed by atoms with E-state index in [1.165, 1.54) is 35.2 Å². The van der Waals surface area contributed by atoms with Crippen LogP contribution in [0.3, 0.4) is 0 Å². The second kappa shape index (κ2) is 14.4. The van der Waals surface area contributed by atoms with Gasteiger partial charge in [-0.1, -0.05) is 85.1 Å². The van der Waals surface area contributed by atoms with Crippen molar-refractivity contribution in [2.75, 3.05) is 23.9 Å². The Labute approximate surface area is 240 Å². The molecular formula is C29H33Cl2N3O4S. The molecule has 0 aromatic heterocycles. The van der Waals surface area contributed by atoms with E-state index in [4.69, 9.17) is 23.2 Å². The summed E-state index contributed by atoms with van der Waals surface area (Å²) < 4.78 is 28.5. The van der Waals surface area contributed by atoms with E-state index in [0.29, 0.717) is 13.0 Å². The first-order valence-corrected chi connectivity index (χ1v) is 15.0. The van der Waals surface area contributed by atoms with Crippen molar-refractivity contribution in [1.29, 1.82) is 0 Å². The molecule has 0 heterocycles. The first-order valence-electron chi connectivity index (χ1n) is 12.8. The number of unbranched alkanes of at least 4 members (excludes halogenated alkanes) is 1. The maximum atomic E-state index is 13.8. The van der Waals surface area contributed by atoms with Gasteiger partial charge in [-0.15, -0.1) is 0 Å². The van der Waals surface area contributed by atoms with Gasteiger partial charge in [0.05, 0.1) is 20.6 Å². The molecular weight excluding hydrogens is 557 g/mol. The summed E-state index contributed by atoms with van der Waals surface area (Å²) in [7, 11) is -4.16. The average Bonchev–Trinajstić information content (AvgIpc) is 2.94. The fourth-order valence-electron chi connectivity index (χ4n) is 3.99. The van der Waals surface area contributed by atoms with Gasteiger partial charge in [0, 0.05) is 13.1 Å². The number of halogens is 2. The van der Waals surface area contributed by atoms with Gasteiger partial charge in [0.15, 0.2) is 0 Å². The van der Waals surface area contributed by atoms with Gasteiger partial charge in [0.2, 0.25) is 11.8 Å². The second-order valence-electron chi connectivity index (χ2n) is 9.07. The van der Waals surface area contributed by atoms with Crippen LogP contribution in [0.25, 0.3) is 0 Å². The van der Waals surface area contributed by atoms with E-state index in [1.54, 1.807) is 25.1 Å². The summed E-state index contributed by atoms with van der Waals surface area (Å²) in [6.07, 6.45) is 2.23. The van der Waals surface area contributed by atoms with Crippen LogP contribution in [0.2, 0.25) is 10.0 Å². The van der Waals surface area contributed by atoms with Crippen molar-refractivity contribution < 1.29 is 18.0 Å². The fraction of sp³-hybridized carbons (Fsp3) is 0.310. The number of amides is 2. The van der Waals surface area contributed by atoms with Crippen molar-refractivity contribution in [3.63, 3.8) is 0 Å². The van der Waals surface area contributed by atoms with Gasteiger partial charge in [-0.3, -0.25) is 13.9 Å². The molecule has 7 nitrogen and oxygen atoms in total. The monoisotopic (exact) mass is 589 g/mol. The van der Waals surface area contributed by atoms with E-state index in [1.807, 2.05) is 37.3 Å². The second-order valence-corrected chi connectivity index (χ2v) is 11.7. The zero-order valence-electron chi connectivity index (χ0n) is 22.0. The summed E-state index contributed by atoms with van der Waals surface area (Å²) in [5.41, 5.74) is 1.18. The average molecular weight is 591 g/mol. The molecule has 0 saturated carbocycles. The smallest absolute Gasteiger partial charge is 0.264 e. The molecule has 1 unspecified atom stereocenters. The van der Waals surface area contributed by atoms with E-state index < -0.39 is 28.5 Å². The SMILES string of the molecule is CCCCNC(=O)C(C)N(CCc1ccccc1)C(=O)CN(c1ccc(Cl)c(Cl)c1)S(=O)(=O)c1ccccc1. The molecule has 0 spiro atoms. The van der Waals surface area contributed by atoms with Gasteiger partial charge in [-0.05, 0) is 55.7 Å². The van der Waals surface area contributed by atoms with Crippen LogP contribution < -0.4 is 9.62 Å². The van der Waals surface area contributed by atoms with Crippen LogP contribution in [0.1, 0.15) is 32.3 Å². The molecule has 3 aromatic carbocycles. The van der Waals surface area contributed by atoms with Crippen molar-refractivity contribution in [1.82, 2.24) is 10.2 Å². The number of benzene rings is 3. The van der Waals surface area contributed by atoms with Gasteiger partial charge in [0.25, 0.3) is 10.0 Å². The van der Waals surface area contributed by atoms with E-state index in [-0.39, 0.29) is 33.1 Å². The van der Waals surface area contributed by atoms with Crippen LogP contribution >= 0.6 is 23.2 Å². The molecule has 2 amide bonds. The molecule has 0 radical (unpaired) electrons. The number of sulfonamides is 1. The molecule has 39 heavy (non-hydrogen) atoms. The molecule has 0 aliphatic carbocycles. The summed E-state index contributed by atoms with van der Waals surface area (Å²) in [6.45, 7) is 3.87. The van der Waals surface area contributed by atoms with Crippen molar-refractivity contribution in [2.45, 2.75) is 44.0 Å². The normalized spacial score (nSPS) is 12.0. The standard InChI is InChI=1S/C29H33Cl2N3O4S/c1-3-4-18-32-29(36)22(2)33(19-17-23-11-7-5-8-12-23)28(35)21-34(24-15-16-26(30)27(31)20-24)39(37,38)25-13-9-6-10-14-25/h5-16,20,22H,3-4,17-19,21H2,1-2H3,(H,32,36). The number of rotatable bonds is 13. The lowest BCUT2D eigenvalue weighted by Crippen LogP contribution is -2.52. The first kappa shape index (κ1) is 30.5. The Morgan fingerprint density at radius 1 is 0.923 bits per heavy atom. The van der Waals surface area contributed by atoms with E-state index in [9.17, 15) is 18.0 Å². The molecule has 0 aliphatic heterocycles. The van der Waals surface area contributed by atoms with E-state index in [2.05, 4.69) is 5.32 Å². The van der Waals surface area contributed by atoms with Gasteiger partial charge in [-0.25, -0.2) is 8.42 Å². The fourth-order valence-corrected chi connectivity index (χ4v) is 5.71. The van der Waals surface area contributed by atoms with Crippen LogP contribution in [0.15, 0.2) is 83.8 Å². The third-order valence-electron chi connectivity index (χ3n) is 6.28. The maximum absolute atomic E-state index is 13.8. The number of hydrogen-bond acceptors (Lipinski definition) is 4. The van der Waals surface area contributed by atoms with Crippen molar-refractivity contribution >= 4 is 50.7 Å². The Balaban J connectivity index is 1.96. The van der Waals surface area contributed by atoms with Crippen molar-refractivity contribution in [3.05, 3.63) is 94.5 Å². The molecule has 3 rings (SSSR count). The van der Waals surface area contributed by atoms with Crippen LogP contribution in [-0.2, 0) is 26.0 Å². The van der Waals surface area contributed by atoms with Crippen LogP contribution in [-0.4, -0.2) is 50.8 Å². The molecule has 1 N–H and O–H groups in total. The molecule has 208 valence electrons. The van der Waals surface area contributed by atoms with Crippen LogP contribution in [0, 0.1) is 0 Å². The molecule has 3 aromatic rings.